The standard InChI is InChI=1S/C20H28N4O3/c1-3-26-18-4-6-19(7-5-18)27-16-20(25)24-14-11-22(12-15-24)10-13-23-9-8-21-17(23)2/h4-9H,3,10-16H2,1-2H3. The number of aryl methyl sites for hydroxylation is 1. The summed E-state index contributed by atoms with van der Waals surface area (Å²) in [7, 11) is 0. The molecule has 2 heterocycles. The number of nitrogens with zero attached hydrogens (tertiary/aromatic N) is 4. The molecule has 0 bridgehead atoms. The number of benzene rings is 1. The molecule has 0 N–H and O–H groups in total. The summed E-state index contributed by atoms with van der Waals surface area (Å²) < 4.78 is 13.2. The van der Waals surface area contributed by atoms with Crippen LogP contribution in [0, 0.1) is 6.92 Å². The second-order valence-corrected chi connectivity index (χ2v) is 6.58. The maximum absolute atomic E-state index is 12.4. The lowest BCUT2D eigenvalue weighted by Gasteiger charge is -2.34. The first kappa shape index (κ1) is 19.2. The number of aromatic nitrogens is 2. The van der Waals surface area contributed by atoms with Crippen molar-refractivity contribution in [2.24, 2.45) is 0 Å². The molecule has 146 valence electrons. The third kappa shape index (κ3) is 5.47. The zero-order valence-electron chi connectivity index (χ0n) is 16.1. The summed E-state index contributed by atoms with van der Waals surface area (Å²) in [6.45, 7) is 9.84. The van der Waals surface area contributed by atoms with E-state index in [-0.39, 0.29) is 12.5 Å². The van der Waals surface area contributed by atoms with Gasteiger partial charge in [-0.25, -0.2) is 4.98 Å². The monoisotopic (exact) mass is 372 g/mol. The average molecular weight is 372 g/mol. The van der Waals surface area contributed by atoms with Gasteiger partial charge < -0.3 is 18.9 Å². The topological polar surface area (TPSA) is 59.8 Å². The Bertz CT molecular complexity index is 721. The minimum atomic E-state index is 0.0361. The molecule has 1 fully saturated rings. The molecule has 0 unspecified atom stereocenters. The van der Waals surface area contributed by atoms with Crippen molar-refractivity contribution in [1.82, 2.24) is 19.4 Å². The molecule has 1 aliphatic rings. The van der Waals surface area contributed by atoms with Gasteiger partial charge in [-0.3, -0.25) is 9.69 Å². The molecular formula is C20H28N4O3. The molecule has 1 aromatic carbocycles. The Labute approximate surface area is 160 Å². The van der Waals surface area contributed by atoms with E-state index in [1.54, 1.807) is 0 Å². The summed E-state index contributed by atoms with van der Waals surface area (Å²) >= 11 is 0. The van der Waals surface area contributed by atoms with Crippen molar-refractivity contribution >= 4 is 5.91 Å². The molecule has 1 amide bonds. The van der Waals surface area contributed by atoms with E-state index in [4.69, 9.17) is 9.47 Å². The molecule has 0 aliphatic carbocycles. The predicted octanol–water partition coefficient (Wildman–Crippen LogP) is 1.81. The van der Waals surface area contributed by atoms with Gasteiger partial charge >= 0.3 is 0 Å². The number of carbonyl (C=O) groups excluding carboxylic acids is 1. The number of carbonyl (C=O) groups is 1. The molecule has 2 aromatic rings. The molecule has 7 nitrogen and oxygen atoms in total. The Hall–Kier alpha value is -2.54. The Morgan fingerprint density at radius 2 is 1.70 bits per heavy atom. The van der Waals surface area contributed by atoms with Gasteiger partial charge in [-0.1, -0.05) is 0 Å². The largest absolute Gasteiger partial charge is 0.494 e. The second-order valence-electron chi connectivity index (χ2n) is 6.58. The Morgan fingerprint density at radius 3 is 2.30 bits per heavy atom. The van der Waals surface area contributed by atoms with Gasteiger partial charge in [0.1, 0.15) is 17.3 Å². The van der Waals surface area contributed by atoms with Crippen molar-refractivity contribution in [3.8, 4) is 11.5 Å². The molecule has 1 aliphatic heterocycles. The fourth-order valence-electron chi connectivity index (χ4n) is 3.15. The molecule has 0 saturated carbocycles. The lowest BCUT2D eigenvalue weighted by Crippen LogP contribution is -2.50. The van der Waals surface area contributed by atoms with Crippen LogP contribution in [0.15, 0.2) is 36.7 Å². The molecule has 0 spiro atoms. The molecule has 1 saturated heterocycles. The van der Waals surface area contributed by atoms with Gasteiger partial charge in [0.25, 0.3) is 5.91 Å². The van der Waals surface area contributed by atoms with Gasteiger partial charge in [-0.05, 0) is 38.1 Å². The molecule has 27 heavy (non-hydrogen) atoms. The van der Waals surface area contributed by atoms with Crippen LogP contribution in [0.5, 0.6) is 11.5 Å². The highest BCUT2D eigenvalue weighted by molar-refractivity contribution is 5.77. The van der Waals surface area contributed by atoms with Crippen LogP contribution in [0.4, 0.5) is 0 Å². The van der Waals surface area contributed by atoms with E-state index >= 15 is 0 Å². The predicted molar refractivity (Wildman–Crippen MR) is 103 cm³/mol. The van der Waals surface area contributed by atoms with Crippen molar-refractivity contribution in [3.63, 3.8) is 0 Å². The summed E-state index contributed by atoms with van der Waals surface area (Å²) in [6, 6.07) is 7.36. The van der Waals surface area contributed by atoms with Gasteiger partial charge in [0, 0.05) is 51.7 Å². The van der Waals surface area contributed by atoms with Crippen molar-refractivity contribution in [2.75, 3.05) is 45.9 Å². The molecule has 0 radical (unpaired) electrons. The summed E-state index contributed by atoms with van der Waals surface area (Å²) in [5.41, 5.74) is 0. The smallest absolute Gasteiger partial charge is 0.260 e. The maximum Gasteiger partial charge on any atom is 0.260 e. The Morgan fingerprint density at radius 1 is 1.04 bits per heavy atom. The van der Waals surface area contributed by atoms with Crippen molar-refractivity contribution in [3.05, 3.63) is 42.5 Å². The molecule has 3 rings (SSSR count). The van der Waals surface area contributed by atoms with Crippen molar-refractivity contribution in [1.29, 1.82) is 0 Å². The molecule has 7 heteroatoms. The first-order valence-electron chi connectivity index (χ1n) is 9.49. The minimum Gasteiger partial charge on any atom is -0.494 e. The van der Waals surface area contributed by atoms with Crippen LogP contribution >= 0.6 is 0 Å². The third-order valence-electron chi connectivity index (χ3n) is 4.80. The van der Waals surface area contributed by atoms with Gasteiger partial charge in [0.05, 0.1) is 6.61 Å². The van der Waals surface area contributed by atoms with E-state index in [2.05, 4.69) is 14.5 Å². The van der Waals surface area contributed by atoms with E-state index in [9.17, 15) is 4.79 Å². The highest BCUT2D eigenvalue weighted by Crippen LogP contribution is 2.17. The third-order valence-corrected chi connectivity index (χ3v) is 4.80. The molecule has 1 aromatic heterocycles. The van der Waals surface area contributed by atoms with Gasteiger partial charge in [-0.2, -0.15) is 0 Å². The van der Waals surface area contributed by atoms with Crippen LogP contribution < -0.4 is 9.47 Å². The van der Waals surface area contributed by atoms with Gasteiger partial charge in [-0.15, -0.1) is 0 Å². The fraction of sp³-hybridized carbons (Fsp3) is 0.500. The number of amides is 1. The number of hydrogen-bond acceptors (Lipinski definition) is 5. The van der Waals surface area contributed by atoms with Crippen molar-refractivity contribution in [2.45, 2.75) is 20.4 Å². The number of rotatable bonds is 8. The molecule has 0 atom stereocenters. The first-order chi connectivity index (χ1) is 13.2. The SMILES string of the molecule is CCOc1ccc(OCC(=O)N2CCN(CCn3ccnc3C)CC2)cc1. The first-order valence-corrected chi connectivity index (χ1v) is 9.49. The highest BCUT2D eigenvalue weighted by Gasteiger charge is 2.21. The van der Waals surface area contributed by atoms with Crippen LogP contribution in [0.3, 0.4) is 0 Å². The number of ether oxygens (including phenoxy) is 2. The molecular weight excluding hydrogens is 344 g/mol. The Balaban J connectivity index is 1.37. The fourth-order valence-corrected chi connectivity index (χ4v) is 3.15. The minimum absolute atomic E-state index is 0.0361. The van der Waals surface area contributed by atoms with Crippen LogP contribution in [-0.2, 0) is 11.3 Å². The lowest BCUT2D eigenvalue weighted by molar-refractivity contribution is -0.135. The van der Waals surface area contributed by atoms with Crippen LogP contribution in [0.1, 0.15) is 12.7 Å². The van der Waals surface area contributed by atoms with E-state index < -0.39 is 0 Å². The van der Waals surface area contributed by atoms with Crippen LogP contribution in [0.25, 0.3) is 0 Å². The Kier molecular flexibility index (Phi) is 6.70. The average Bonchev–Trinajstić information content (AvgIpc) is 3.11. The van der Waals surface area contributed by atoms with Gasteiger partial charge in [0.2, 0.25) is 0 Å². The van der Waals surface area contributed by atoms with E-state index in [1.165, 1.54) is 0 Å². The number of hydrogen-bond donors (Lipinski definition) is 0. The van der Waals surface area contributed by atoms with Gasteiger partial charge in [0.15, 0.2) is 6.61 Å². The summed E-state index contributed by atoms with van der Waals surface area (Å²) in [5, 5.41) is 0. The normalized spacial score (nSPS) is 15.0. The van der Waals surface area contributed by atoms with E-state index in [0.29, 0.717) is 12.4 Å². The van der Waals surface area contributed by atoms with Crippen molar-refractivity contribution < 1.29 is 14.3 Å². The van der Waals surface area contributed by atoms with Crippen LogP contribution in [0.2, 0.25) is 0 Å². The van der Waals surface area contributed by atoms with E-state index in [1.807, 2.05) is 55.4 Å². The zero-order chi connectivity index (χ0) is 19.1. The highest BCUT2D eigenvalue weighted by atomic mass is 16.5. The summed E-state index contributed by atoms with van der Waals surface area (Å²) in [5.74, 6) is 2.56. The van der Waals surface area contributed by atoms with E-state index in [0.717, 1.165) is 50.8 Å². The summed E-state index contributed by atoms with van der Waals surface area (Å²) in [4.78, 5) is 20.9. The quantitative estimate of drug-likeness (QED) is 0.707. The van der Waals surface area contributed by atoms with Crippen LogP contribution in [-0.4, -0.2) is 71.2 Å². The zero-order valence-corrected chi connectivity index (χ0v) is 16.1. The summed E-state index contributed by atoms with van der Waals surface area (Å²) in [6.07, 6.45) is 3.84. The number of imidazole rings is 1. The number of piperazine rings is 1. The lowest BCUT2D eigenvalue weighted by atomic mass is 10.3. The second kappa shape index (κ2) is 9.41. The maximum atomic E-state index is 12.4.